The summed E-state index contributed by atoms with van der Waals surface area (Å²) in [5, 5.41) is 3.50. The van der Waals surface area contributed by atoms with Crippen LogP contribution < -0.4 is 5.32 Å². The number of fused-ring (bicyclic) bond motifs is 2. The lowest BCUT2D eigenvalue weighted by molar-refractivity contribution is 0.216. The minimum atomic E-state index is 0.638. The highest BCUT2D eigenvalue weighted by atomic mass is 15.3. The van der Waals surface area contributed by atoms with Gasteiger partial charge in [-0.3, -0.25) is 4.90 Å². The molecule has 0 aliphatic carbocycles. The Morgan fingerprint density at radius 3 is 2.55 bits per heavy atom. The molecule has 1 N–H and O–H groups in total. The van der Waals surface area contributed by atoms with E-state index in [4.69, 9.17) is 0 Å². The van der Waals surface area contributed by atoms with Gasteiger partial charge in [-0.15, -0.1) is 0 Å². The van der Waals surface area contributed by atoms with Gasteiger partial charge in [0.25, 0.3) is 0 Å². The van der Waals surface area contributed by atoms with Crippen LogP contribution in [-0.2, 0) is 0 Å². The van der Waals surface area contributed by atoms with E-state index in [1.165, 1.54) is 71.1 Å². The number of nitrogens with zero attached hydrogens (tertiary/aromatic N) is 2. The molecular formula is C17H35N3. The summed E-state index contributed by atoms with van der Waals surface area (Å²) in [6.07, 6.45) is 9.79. The molecule has 118 valence electrons. The van der Waals surface area contributed by atoms with Crippen molar-refractivity contribution in [3.05, 3.63) is 0 Å². The van der Waals surface area contributed by atoms with Gasteiger partial charge in [0, 0.05) is 24.7 Å². The number of likely N-dealkylation sites (N-methyl/N-ethyl adjacent to an activating group) is 1. The second-order valence-electron chi connectivity index (χ2n) is 7.16. The van der Waals surface area contributed by atoms with E-state index in [-0.39, 0.29) is 0 Å². The standard InChI is InChI=1S/C17H35N3/c1-15(2)18-11-6-4-5-7-12-20-13-10-16-8-9-17(14-20)19(16)3/h15-18H,4-14H2,1-3H3. The molecule has 2 unspecified atom stereocenters. The first kappa shape index (κ1) is 16.3. The van der Waals surface area contributed by atoms with Crippen LogP contribution in [0.25, 0.3) is 0 Å². The Kier molecular flexibility index (Phi) is 6.79. The van der Waals surface area contributed by atoms with E-state index in [1.54, 1.807) is 0 Å². The summed E-state index contributed by atoms with van der Waals surface area (Å²) < 4.78 is 0. The predicted molar refractivity (Wildman–Crippen MR) is 87.2 cm³/mol. The summed E-state index contributed by atoms with van der Waals surface area (Å²) >= 11 is 0. The Morgan fingerprint density at radius 2 is 1.75 bits per heavy atom. The van der Waals surface area contributed by atoms with Crippen molar-refractivity contribution in [1.29, 1.82) is 0 Å². The van der Waals surface area contributed by atoms with Crippen molar-refractivity contribution in [2.45, 2.75) is 76.9 Å². The highest BCUT2D eigenvalue weighted by Gasteiger charge is 2.34. The van der Waals surface area contributed by atoms with Crippen molar-refractivity contribution in [2.24, 2.45) is 0 Å². The smallest absolute Gasteiger partial charge is 0.0223 e. The molecule has 0 aromatic rings. The fraction of sp³-hybridized carbons (Fsp3) is 1.00. The van der Waals surface area contributed by atoms with Crippen LogP contribution in [0.3, 0.4) is 0 Å². The second kappa shape index (κ2) is 8.35. The lowest BCUT2D eigenvalue weighted by Gasteiger charge is -2.25. The topological polar surface area (TPSA) is 18.5 Å². The zero-order valence-electron chi connectivity index (χ0n) is 13.9. The molecule has 2 rings (SSSR count). The van der Waals surface area contributed by atoms with Gasteiger partial charge in [-0.25, -0.2) is 0 Å². The number of hydrogen-bond acceptors (Lipinski definition) is 3. The summed E-state index contributed by atoms with van der Waals surface area (Å²) in [4.78, 5) is 5.38. The molecular weight excluding hydrogens is 246 g/mol. The minimum absolute atomic E-state index is 0.638. The Balaban J connectivity index is 1.52. The highest BCUT2D eigenvalue weighted by molar-refractivity contribution is 4.90. The number of nitrogens with one attached hydrogen (secondary N) is 1. The maximum atomic E-state index is 3.50. The molecule has 2 aliphatic heterocycles. The van der Waals surface area contributed by atoms with E-state index < -0.39 is 0 Å². The lowest BCUT2D eigenvalue weighted by atomic mass is 10.1. The van der Waals surface area contributed by atoms with E-state index in [0.29, 0.717) is 6.04 Å². The molecule has 0 aromatic carbocycles. The molecule has 0 spiro atoms. The molecule has 3 nitrogen and oxygen atoms in total. The van der Waals surface area contributed by atoms with Crippen LogP contribution >= 0.6 is 0 Å². The van der Waals surface area contributed by atoms with Gasteiger partial charge in [-0.1, -0.05) is 26.7 Å². The molecule has 3 heteroatoms. The molecule has 0 amide bonds. The van der Waals surface area contributed by atoms with Crippen LogP contribution in [0.5, 0.6) is 0 Å². The number of unbranched alkanes of at least 4 members (excludes halogenated alkanes) is 3. The first-order valence-electron chi connectivity index (χ1n) is 8.84. The predicted octanol–water partition coefficient (Wildman–Crippen LogP) is 2.71. The Hall–Kier alpha value is -0.120. The van der Waals surface area contributed by atoms with Crippen LogP contribution in [0.15, 0.2) is 0 Å². The van der Waals surface area contributed by atoms with Gasteiger partial charge in [0.05, 0.1) is 0 Å². The van der Waals surface area contributed by atoms with E-state index in [1.807, 2.05) is 0 Å². The van der Waals surface area contributed by atoms with Gasteiger partial charge in [-0.2, -0.15) is 0 Å². The third-order valence-electron chi connectivity index (χ3n) is 5.19. The SMILES string of the molecule is CC(C)NCCCCCCN1CCC2CCC(C1)N2C. The van der Waals surface area contributed by atoms with E-state index in [2.05, 4.69) is 36.0 Å². The molecule has 2 saturated heterocycles. The Morgan fingerprint density at radius 1 is 1.00 bits per heavy atom. The molecule has 0 saturated carbocycles. The molecule has 2 heterocycles. The molecule has 2 atom stereocenters. The van der Waals surface area contributed by atoms with E-state index >= 15 is 0 Å². The van der Waals surface area contributed by atoms with Crippen molar-refractivity contribution < 1.29 is 0 Å². The van der Waals surface area contributed by atoms with E-state index in [9.17, 15) is 0 Å². The fourth-order valence-electron chi connectivity index (χ4n) is 3.79. The summed E-state index contributed by atoms with van der Waals surface area (Å²) in [7, 11) is 2.34. The summed E-state index contributed by atoms with van der Waals surface area (Å²) in [5.41, 5.74) is 0. The van der Waals surface area contributed by atoms with Crippen molar-refractivity contribution in [3.63, 3.8) is 0 Å². The Labute approximate surface area is 126 Å². The molecule has 0 radical (unpaired) electrons. The maximum absolute atomic E-state index is 3.50. The normalized spacial score (nSPS) is 28.2. The van der Waals surface area contributed by atoms with Gasteiger partial charge in [0.15, 0.2) is 0 Å². The third-order valence-corrected chi connectivity index (χ3v) is 5.19. The van der Waals surface area contributed by atoms with Crippen LogP contribution in [0.4, 0.5) is 0 Å². The van der Waals surface area contributed by atoms with Crippen LogP contribution in [0.2, 0.25) is 0 Å². The number of rotatable bonds is 8. The van der Waals surface area contributed by atoms with Crippen molar-refractivity contribution in [1.82, 2.24) is 15.1 Å². The monoisotopic (exact) mass is 281 g/mol. The molecule has 2 aliphatic rings. The number of hydrogen-bond donors (Lipinski definition) is 1. The van der Waals surface area contributed by atoms with Crippen molar-refractivity contribution >= 4 is 0 Å². The minimum Gasteiger partial charge on any atom is -0.315 e. The summed E-state index contributed by atoms with van der Waals surface area (Å²) in [6.45, 7) is 9.63. The average molecular weight is 281 g/mol. The molecule has 2 bridgehead atoms. The van der Waals surface area contributed by atoms with Crippen LogP contribution in [0.1, 0.15) is 58.8 Å². The van der Waals surface area contributed by atoms with Gasteiger partial charge in [0.2, 0.25) is 0 Å². The molecule has 0 aromatic heterocycles. The zero-order chi connectivity index (χ0) is 14.4. The summed E-state index contributed by atoms with van der Waals surface area (Å²) in [5.74, 6) is 0. The average Bonchev–Trinajstić information content (AvgIpc) is 2.64. The summed E-state index contributed by atoms with van der Waals surface area (Å²) in [6, 6.07) is 2.37. The van der Waals surface area contributed by atoms with Crippen LogP contribution in [0, 0.1) is 0 Å². The van der Waals surface area contributed by atoms with E-state index in [0.717, 1.165) is 12.1 Å². The quantitative estimate of drug-likeness (QED) is 0.690. The third kappa shape index (κ3) is 5.01. The molecule has 20 heavy (non-hydrogen) atoms. The second-order valence-corrected chi connectivity index (χ2v) is 7.16. The lowest BCUT2D eigenvalue weighted by Crippen LogP contribution is -2.37. The molecule has 2 fully saturated rings. The van der Waals surface area contributed by atoms with Gasteiger partial charge in [-0.05, 0) is 58.8 Å². The zero-order valence-corrected chi connectivity index (χ0v) is 13.9. The van der Waals surface area contributed by atoms with Gasteiger partial charge >= 0.3 is 0 Å². The van der Waals surface area contributed by atoms with Crippen LogP contribution in [-0.4, -0.2) is 61.2 Å². The number of likely N-dealkylation sites (tertiary alicyclic amines) is 1. The fourth-order valence-corrected chi connectivity index (χ4v) is 3.79. The van der Waals surface area contributed by atoms with Crippen molar-refractivity contribution in [2.75, 3.05) is 33.2 Å². The van der Waals surface area contributed by atoms with Crippen molar-refractivity contribution in [3.8, 4) is 0 Å². The maximum Gasteiger partial charge on any atom is 0.0223 e. The van der Waals surface area contributed by atoms with Gasteiger partial charge in [0.1, 0.15) is 0 Å². The Bertz CT molecular complexity index is 267. The first-order valence-corrected chi connectivity index (χ1v) is 8.84. The van der Waals surface area contributed by atoms with Gasteiger partial charge < -0.3 is 10.2 Å². The first-order chi connectivity index (χ1) is 9.66. The highest BCUT2D eigenvalue weighted by Crippen LogP contribution is 2.28. The largest absolute Gasteiger partial charge is 0.315 e.